The number of anilines is 1. The van der Waals surface area contributed by atoms with E-state index in [4.69, 9.17) is 14.5 Å². The summed E-state index contributed by atoms with van der Waals surface area (Å²) in [6.07, 6.45) is 0.842. The highest BCUT2D eigenvalue weighted by molar-refractivity contribution is 7.22. The Hall–Kier alpha value is -2.64. The third-order valence-corrected chi connectivity index (χ3v) is 5.83. The van der Waals surface area contributed by atoms with E-state index in [9.17, 15) is 4.79 Å². The Kier molecular flexibility index (Phi) is 6.71. The monoisotopic (exact) mass is 413 g/mol. The molecule has 154 valence electrons. The van der Waals surface area contributed by atoms with E-state index in [1.807, 2.05) is 57.4 Å². The van der Waals surface area contributed by atoms with Crippen LogP contribution < -0.4 is 14.4 Å². The molecule has 29 heavy (non-hydrogen) atoms. The number of aryl methyl sites for hydroxylation is 1. The van der Waals surface area contributed by atoms with Crippen LogP contribution in [0.5, 0.6) is 11.5 Å². The summed E-state index contributed by atoms with van der Waals surface area (Å²) < 4.78 is 11.8. The minimum absolute atomic E-state index is 0.0427. The number of amides is 1. The molecule has 0 aliphatic carbocycles. The van der Waals surface area contributed by atoms with E-state index in [0.717, 1.165) is 29.0 Å². The maximum absolute atomic E-state index is 13.4. The highest BCUT2D eigenvalue weighted by Crippen LogP contribution is 2.40. The lowest BCUT2D eigenvalue weighted by atomic mass is 10.1. The number of carbonyl (C=O) groups is 1. The first kappa shape index (κ1) is 21.1. The number of ether oxygens (including phenoxy) is 2. The van der Waals surface area contributed by atoms with E-state index in [1.54, 1.807) is 19.1 Å². The molecule has 0 N–H and O–H groups in total. The van der Waals surface area contributed by atoms with Crippen molar-refractivity contribution in [3.63, 3.8) is 0 Å². The van der Waals surface area contributed by atoms with Crippen LogP contribution in [-0.2, 0) is 0 Å². The predicted molar refractivity (Wildman–Crippen MR) is 119 cm³/mol. The molecule has 0 atom stereocenters. The van der Waals surface area contributed by atoms with Crippen LogP contribution in [0.4, 0.5) is 5.13 Å². The summed E-state index contributed by atoms with van der Waals surface area (Å²) in [5, 5.41) is 0.648. The molecule has 0 aliphatic heterocycles. The lowest BCUT2D eigenvalue weighted by molar-refractivity contribution is 0.0985. The van der Waals surface area contributed by atoms with Gasteiger partial charge in [0.15, 0.2) is 5.13 Å². The fourth-order valence-electron chi connectivity index (χ4n) is 3.18. The Labute approximate surface area is 175 Å². The van der Waals surface area contributed by atoms with Crippen LogP contribution in [0, 0.1) is 6.92 Å². The van der Waals surface area contributed by atoms with Crippen molar-refractivity contribution in [2.75, 3.05) is 46.3 Å². The summed E-state index contributed by atoms with van der Waals surface area (Å²) >= 11 is 1.45. The summed E-state index contributed by atoms with van der Waals surface area (Å²) in [6.45, 7) is 3.42. The number of methoxy groups -OCH3 is 2. The fourth-order valence-corrected chi connectivity index (χ4v) is 4.28. The Morgan fingerprint density at radius 2 is 1.72 bits per heavy atom. The highest BCUT2D eigenvalue weighted by atomic mass is 32.1. The van der Waals surface area contributed by atoms with Crippen molar-refractivity contribution in [3.8, 4) is 11.5 Å². The quantitative estimate of drug-likeness (QED) is 0.553. The van der Waals surface area contributed by atoms with Gasteiger partial charge in [0.2, 0.25) is 0 Å². The van der Waals surface area contributed by atoms with Gasteiger partial charge in [0.1, 0.15) is 21.7 Å². The molecule has 2 aromatic carbocycles. The molecule has 0 aliphatic rings. The summed E-state index contributed by atoms with van der Waals surface area (Å²) in [5.41, 5.74) is 2.35. The van der Waals surface area contributed by atoms with E-state index < -0.39 is 0 Å². The molecular formula is C22H27N3O3S. The van der Waals surface area contributed by atoms with Gasteiger partial charge in [-0.25, -0.2) is 4.98 Å². The average molecular weight is 414 g/mol. The average Bonchev–Trinajstić information content (AvgIpc) is 3.15. The molecule has 1 aromatic heterocycles. The number of hydrogen-bond acceptors (Lipinski definition) is 6. The third kappa shape index (κ3) is 4.52. The van der Waals surface area contributed by atoms with E-state index in [2.05, 4.69) is 4.90 Å². The molecule has 0 bridgehead atoms. The Bertz CT molecular complexity index is 959. The Morgan fingerprint density at radius 3 is 2.38 bits per heavy atom. The second kappa shape index (κ2) is 9.24. The van der Waals surface area contributed by atoms with Crippen LogP contribution in [0.3, 0.4) is 0 Å². The van der Waals surface area contributed by atoms with Gasteiger partial charge in [-0.15, -0.1) is 0 Å². The van der Waals surface area contributed by atoms with Crippen molar-refractivity contribution in [2.45, 2.75) is 13.3 Å². The van der Waals surface area contributed by atoms with Crippen molar-refractivity contribution in [1.29, 1.82) is 0 Å². The molecule has 0 radical (unpaired) electrons. The van der Waals surface area contributed by atoms with E-state index in [1.165, 1.54) is 11.3 Å². The van der Waals surface area contributed by atoms with E-state index in [-0.39, 0.29) is 5.91 Å². The summed E-state index contributed by atoms with van der Waals surface area (Å²) in [4.78, 5) is 22.1. The number of aromatic nitrogens is 1. The molecule has 0 saturated heterocycles. The van der Waals surface area contributed by atoms with Gasteiger partial charge in [0.25, 0.3) is 5.91 Å². The van der Waals surface area contributed by atoms with Crippen LogP contribution in [0.15, 0.2) is 36.4 Å². The van der Waals surface area contributed by atoms with Crippen molar-refractivity contribution in [2.24, 2.45) is 0 Å². The molecule has 7 heteroatoms. The van der Waals surface area contributed by atoms with Crippen LogP contribution >= 0.6 is 11.3 Å². The number of carbonyl (C=O) groups excluding carboxylic acids is 1. The molecule has 3 aromatic rings. The standard InChI is InChI=1S/C22H27N3O3S/c1-15-9-6-7-10-16(15)21(26)25(14-8-13-24(2)3)22-23-19-17(27-4)11-12-18(28-5)20(19)29-22/h6-7,9-12H,8,13-14H2,1-5H3. The number of nitrogens with zero attached hydrogens (tertiary/aromatic N) is 3. The lowest BCUT2D eigenvalue weighted by Gasteiger charge is -2.21. The summed E-state index contributed by atoms with van der Waals surface area (Å²) in [6, 6.07) is 11.4. The summed E-state index contributed by atoms with van der Waals surface area (Å²) in [7, 11) is 7.31. The normalized spacial score (nSPS) is 11.1. The van der Waals surface area contributed by atoms with Gasteiger partial charge in [0, 0.05) is 12.1 Å². The zero-order chi connectivity index (χ0) is 21.0. The van der Waals surface area contributed by atoms with Gasteiger partial charge in [-0.2, -0.15) is 0 Å². The molecule has 0 fully saturated rings. The maximum Gasteiger partial charge on any atom is 0.260 e. The third-order valence-electron chi connectivity index (χ3n) is 4.74. The predicted octanol–water partition coefficient (Wildman–Crippen LogP) is 4.22. The molecule has 6 nitrogen and oxygen atoms in total. The van der Waals surface area contributed by atoms with Crippen molar-refractivity contribution in [3.05, 3.63) is 47.5 Å². The van der Waals surface area contributed by atoms with Crippen LogP contribution in [-0.4, -0.2) is 57.2 Å². The Morgan fingerprint density at radius 1 is 1.03 bits per heavy atom. The number of fused-ring (bicyclic) bond motifs is 1. The number of benzene rings is 2. The van der Waals surface area contributed by atoms with Gasteiger partial charge >= 0.3 is 0 Å². The van der Waals surface area contributed by atoms with Gasteiger partial charge in [0.05, 0.1) is 14.2 Å². The SMILES string of the molecule is COc1ccc(OC)c2sc(N(CCCN(C)C)C(=O)c3ccccc3C)nc12. The molecule has 0 spiro atoms. The number of thiazole rings is 1. The smallest absolute Gasteiger partial charge is 0.260 e. The molecule has 0 unspecified atom stereocenters. The number of hydrogen-bond donors (Lipinski definition) is 0. The first-order valence-electron chi connectivity index (χ1n) is 9.50. The van der Waals surface area contributed by atoms with E-state index >= 15 is 0 Å². The Balaban J connectivity index is 2.06. The van der Waals surface area contributed by atoms with Crippen LogP contribution in [0.25, 0.3) is 10.2 Å². The highest BCUT2D eigenvalue weighted by Gasteiger charge is 2.24. The lowest BCUT2D eigenvalue weighted by Crippen LogP contribution is -2.33. The van der Waals surface area contributed by atoms with Crippen molar-refractivity contribution < 1.29 is 14.3 Å². The topological polar surface area (TPSA) is 54.9 Å². The largest absolute Gasteiger partial charge is 0.495 e. The second-order valence-electron chi connectivity index (χ2n) is 7.07. The molecule has 1 amide bonds. The van der Waals surface area contributed by atoms with Crippen molar-refractivity contribution in [1.82, 2.24) is 9.88 Å². The molecule has 0 saturated carbocycles. The fraction of sp³-hybridized carbons (Fsp3) is 0.364. The van der Waals surface area contributed by atoms with Crippen molar-refractivity contribution >= 4 is 32.6 Å². The molecular weight excluding hydrogens is 386 g/mol. The van der Waals surface area contributed by atoms with Gasteiger partial charge in [-0.1, -0.05) is 29.5 Å². The number of rotatable bonds is 8. The zero-order valence-electron chi connectivity index (χ0n) is 17.6. The summed E-state index contributed by atoms with van der Waals surface area (Å²) in [5.74, 6) is 1.35. The minimum Gasteiger partial charge on any atom is -0.495 e. The van der Waals surface area contributed by atoms with E-state index in [0.29, 0.717) is 28.5 Å². The van der Waals surface area contributed by atoms with Gasteiger partial charge in [-0.3, -0.25) is 9.69 Å². The molecule has 1 heterocycles. The van der Waals surface area contributed by atoms with Gasteiger partial charge < -0.3 is 14.4 Å². The first-order chi connectivity index (χ1) is 14.0. The van der Waals surface area contributed by atoms with Crippen LogP contribution in [0.2, 0.25) is 0 Å². The van der Waals surface area contributed by atoms with Gasteiger partial charge in [-0.05, 0) is 57.7 Å². The van der Waals surface area contributed by atoms with Crippen LogP contribution in [0.1, 0.15) is 22.3 Å². The zero-order valence-corrected chi connectivity index (χ0v) is 18.4. The minimum atomic E-state index is -0.0427. The maximum atomic E-state index is 13.4. The second-order valence-corrected chi connectivity index (χ2v) is 8.05. The molecule has 3 rings (SSSR count). The first-order valence-corrected chi connectivity index (χ1v) is 10.3.